The predicted octanol–water partition coefficient (Wildman–Crippen LogP) is 3.05. The van der Waals surface area contributed by atoms with Crippen LogP contribution in [0.25, 0.3) is 0 Å². The summed E-state index contributed by atoms with van der Waals surface area (Å²) in [6.45, 7) is 2.34. The lowest BCUT2D eigenvalue weighted by Crippen LogP contribution is -2.25. The summed E-state index contributed by atoms with van der Waals surface area (Å²) in [6, 6.07) is 13.7. The Morgan fingerprint density at radius 2 is 1.83 bits per heavy atom. The van der Waals surface area contributed by atoms with Gasteiger partial charge in [0.05, 0.1) is 13.5 Å². The number of fused-ring (bicyclic) bond motifs is 1. The maximum atomic E-state index is 11.6. The monoisotopic (exact) mass is 324 g/mol. The number of carbonyl (C=O) groups is 2. The van der Waals surface area contributed by atoms with Crippen molar-refractivity contribution in [2.75, 3.05) is 23.9 Å². The van der Waals surface area contributed by atoms with Gasteiger partial charge in [0.2, 0.25) is 5.91 Å². The van der Waals surface area contributed by atoms with E-state index in [1.165, 1.54) is 12.7 Å². The fraction of sp³-hybridized carbons (Fsp3) is 0.263. The normalized spacial score (nSPS) is 12.7. The van der Waals surface area contributed by atoms with Crippen molar-refractivity contribution in [3.8, 4) is 0 Å². The molecule has 0 saturated carbocycles. The van der Waals surface area contributed by atoms with Crippen LogP contribution in [0.1, 0.15) is 18.1 Å². The first-order valence-corrected chi connectivity index (χ1v) is 7.90. The number of ether oxygens (including phenoxy) is 1. The Hall–Kier alpha value is -2.82. The Labute approximate surface area is 141 Å². The Kier molecular flexibility index (Phi) is 4.51. The van der Waals surface area contributed by atoms with E-state index in [9.17, 15) is 9.59 Å². The largest absolute Gasteiger partial charge is 0.469 e. The first-order chi connectivity index (χ1) is 11.6. The SMILES string of the molecule is COC(=O)Cc1ccc(Nc2ccc3c(c2)CCN3C(C)=O)cc1. The molecule has 5 nitrogen and oxygen atoms in total. The number of carbonyl (C=O) groups excluding carboxylic acids is 2. The van der Waals surface area contributed by atoms with Gasteiger partial charge in [-0.15, -0.1) is 0 Å². The maximum Gasteiger partial charge on any atom is 0.309 e. The van der Waals surface area contributed by atoms with Crippen LogP contribution < -0.4 is 10.2 Å². The number of esters is 1. The number of hydrogen-bond donors (Lipinski definition) is 1. The van der Waals surface area contributed by atoms with E-state index in [-0.39, 0.29) is 18.3 Å². The van der Waals surface area contributed by atoms with Crippen LogP contribution in [-0.2, 0) is 27.2 Å². The molecule has 124 valence electrons. The zero-order valence-corrected chi connectivity index (χ0v) is 13.8. The molecule has 24 heavy (non-hydrogen) atoms. The van der Waals surface area contributed by atoms with Gasteiger partial charge in [-0.3, -0.25) is 9.59 Å². The molecule has 2 aromatic carbocycles. The molecule has 0 atom stereocenters. The average molecular weight is 324 g/mol. The number of nitrogens with one attached hydrogen (secondary N) is 1. The number of hydrogen-bond acceptors (Lipinski definition) is 4. The summed E-state index contributed by atoms with van der Waals surface area (Å²) in [5.74, 6) is -0.167. The summed E-state index contributed by atoms with van der Waals surface area (Å²) in [5.41, 5.74) is 5.03. The van der Waals surface area contributed by atoms with Gasteiger partial charge in [-0.1, -0.05) is 12.1 Å². The van der Waals surface area contributed by atoms with Crippen LogP contribution in [0.2, 0.25) is 0 Å². The third kappa shape index (κ3) is 3.40. The van der Waals surface area contributed by atoms with Crippen molar-refractivity contribution in [3.63, 3.8) is 0 Å². The molecule has 0 aliphatic carbocycles. The standard InChI is InChI=1S/C19H20N2O3/c1-13(22)21-10-9-15-12-17(7-8-18(15)21)20-16-5-3-14(4-6-16)11-19(23)24-2/h3-8,12,20H,9-11H2,1-2H3. The van der Waals surface area contributed by atoms with E-state index in [0.717, 1.165) is 35.6 Å². The Bertz CT molecular complexity index is 769. The molecule has 2 aromatic rings. The molecule has 0 spiro atoms. The lowest BCUT2D eigenvalue weighted by Gasteiger charge is -2.15. The second-order valence-corrected chi connectivity index (χ2v) is 5.84. The van der Waals surface area contributed by atoms with E-state index < -0.39 is 0 Å². The van der Waals surface area contributed by atoms with Gasteiger partial charge in [0.25, 0.3) is 0 Å². The average Bonchev–Trinajstić information content (AvgIpc) is 3.00. The summed E-state index contributed by atoms with van der Waals surface area (Å²) in [4.78, 5) is 24.7. The fourth-order valence-corrected chi connectivity index (χ4v) is 2.92. The number of amides is 1. The molecule has 0 fully saturated rings. The summed E-state index contributed by atoms with van der Waals surface area (Å²) in [5, 5.41) is 3.35. The minimum Gasteiger partial charge on any atom is -0.469 e. The summed E-state index contributed by atoms with van der Waals surface area (Å²) in [7, 11) is 1.39. The molecule has 5 heteroatoms. The number of nitrogens with zero attached hydrogens (tertiary/aromatic N) is 1. The van der Waals surface area contributed by atoms with Gasteiger partial charge in [-0.05, 0) is 47.9 Å². The predicted molar refractivity (Wildman–Crippen MR) is 93.6 cm³/mol. The van der Waals surface area contributed by atoms with E-state index in [1.54, 1.807) is 11.8 Å². The first-order valence-electron chi connectivity index (χ1n) is 7.90. The van der Waals surface area contributed by atoms with E-state index >= 15 is 0 Å². The second-order valence-electron chi connectivity index (χ2n) is 5.84. The van der Waals surface area contributed by atoms with E-state index in [2.05, 4.69) is 16.1 Å². The molecule has 1 aliphatic rings. The third-order valence-electron chi connectivity index (χ3n) is 4.17. The van der Waals surface area contributed by atoms with Crippen molar-refractivity contribution in [1.82, 2.24) is 0 Å². The van der Waals surface area contributed by atoms with Crippen LogP contribution in [0, 0.1) is 0 Å². The second kappa shape index (κ2) is 6.74. The van der Waals surface area contributed by atoms with Gasteiger partial charge in [-0.2, -0.15) is 0 Å². The Balaban J connectivity index is 1.71. The minimum atomic E-state index is -0.246. The van der Waals surface area contributed by atoms with Crippen LogP contribution in [0.5, 0.6) is 0 Å². The van der Waals surface area contributed by atoms with Gasteiger partial charge in [0.15, 0.2) is 0 Å². The number of methoxy groups -OCH3 is 1. The van der Waals surface area contributed by atoms with Crippen LogP contribution in [0.15, 0.2) is 42.5 Å². The lowest BCUT2D eigenvalue weighted by atomic mass is 10.1. The molecule has 3 rings (SSSR count). The number of rotatable bonds is 4. The lowest BCUT2D eigenvalue weighted by molar-refractivity contribution is -0.139. The molecule has 1 N–H and O–H groups in total. The highest BCUT2D eigenvalue weighted by molar-refractivity contribution is 5.94. The third-order valence-corrected chi connectivity index (χ3v) is 4.17. The van der Waals surface area contributed by atoms with E-state index in [1.807, 2.05) is 36.4 Å². The van der Waals surface area contributed by atoms with E-state index in [4.69, 9.17) is 0 Å². The highest BCUT2D eigenvalue weighted by atomic mass is 16.5. The smallest absolute Gasteiger partial charge is 0.309 e. The molecule has 0 radical (unpaired) electrons. The quantitative estimate of drug-likeness (QED) is 0.878. The number of benzene rings is 2. The molecule has 1 aliphatic heterocycles. The molecule has 0 saturated heterocycles. The minimum absolute atomic E-state index is 0.0793. The van der Waals surface area contributed by atoms with Crippen LogP contribution in [0.4, 0.5) is 17.1 Å². The van der Waals surface area contributed by atoms with Crippen molar-refractivity contribution in [1.29, 1.82) is 0 Å². The molecule has 1 amide bonds. The van der Waals surface area contributed by atoms with Crippen LogP contribution in [-0.4, -0.2) is 25.5 Å². The number of anilines is 3. The van der Waals surface area contributed by atoms with Crippen LogP contribution >= 0.6 is 0 Å². The van der Waals surface area contributed by atoms with Gasteiger partial charge in [0, 0.05) is 30.5 Å². The highest BCUT2D eigenvalue weighted by Crippen LogP contribution is 2.31. The van der Waals surface area contributed by atoms with Crippen LogP contribution in [0.3, 0.4) is 0 Å². The zero-order chi connectivity index (χ0) is 17.1. The van der Waals surface area contributed by atoms with Crippen molar-refractivity contribution in [2.24, 2.45) is 0 Å². The van der Waals surface area contributed by atoms with Gasteiger partial charge in [-0.25, -0.2) is 0 Å². The topological polar surface area (TPSA) is 58.6 Å². The van der Waals surface area contributed by atoms with E-state index in [0.29, 0.717) is 0 Å². The maximum absolute atomic E-state index is 11.6. The fourth-order valence-electron chi connectivity index (χ4n) is 2.92. The van der Waals surface area contributed by atoms with Gasteiger partial charge < -0.3 is 15.0 Å². The summed E-state index contributed by atoms with van der Waals surface area (Å²) < 4.78 is 4.67. The molecule has 1 heterocycles. The van der Waals surface area contributed by atoms with Crippen molar-refractivity contribution >= 4 is 28.9 Å². The first kappa shape index (κ1) is 16.1. The molecule has 0 bridgehead atoms. The van der Waals surface area contributed by atoms with Crippen molar-refractivity contribution in [2.45, 2.75) is 19.8 Å². The summed E-state index contributed by atoms with van der Waals surface area (Å²) in [6.07, 6.45) is 1.15. The summed E-state index contributed by atoms with van der Waals surface area (Å²) >= 11 is 0. The van der Waals surface area contributed by atoms with Gasteiger partial charge >= 0.3 is 5.97 Å². The zero-order valence-electron chi connectivity index (χ0n) is 13.8. The van der Waals surface area contributed by atoms with Crippen molar-refractivity contribution < 1.29 is 14.3 Å². The van der Waals surface area contributed by atoms with Crippen molar-refractivity contribution in [3.05, 3.63) is 53.6 Å². The highest BCUT2D eigenvalue weighted by Gasteiger charge is 2.22. The Morgan fingerprint density at radius 3 is 2.50 bits per heavy atom. The Morgan fingerprint density at radius 1 is 1.12 bits per heavy atom. The van der Waals surface area contributed by atoms with Gasteiger partial charge in [0.1, 0.15) is 0 Å². The molecule has 0 unspecified atom stereocenters. The molecular weight excluding hydrogens is 304 g/mol. The molecule has 0 aromatic heterocycles. The molecular formula is C19H20N2O3.